The van der Waals surface area contributed by atoms with Crippen molar-refractivity contribution >= 4 is 23.1 Å². The number of aromatic nitrogens is 1. The fourth-order valence-corrected chi connectivity index (χ4v) is 3.12. The van der Waals surface area contributed by atoms with Crippen molar-refractivity contribution in [3.05, 3.63) is 71.4 Å². The molecule has 2 aromatic carbocycles. The molecule has 4 rings (SSSR count). The van der Waals surface area contributed by atoms with Gasteiger partial charge in [0.2, 0.25) is 0 Å². The van der Waals surface area contributed by atoms with Gasteiger partial charge in [-0.05, 0) is 61.4 Å². The van der Waals surface area contributed by atoms with Crippen LogP contribution in [0.15, 0.2) is 54.7 Å². The number of amides is 1. The topological polar surface area (TPSA) is 72.5 Å². The quantitative estimate of drug-likeness (QED) is 0.704. The van der Waals surface area contributed by atoms with E-state index in [4.69, 9.17) is 9.47 Å². The van der Waals surface area contributed by atoms with Crippen LogP contribution in [-0.4, -0.2) is 24.1 Å². The average Bonchev–Trinajstić information content (AvgIpc) is 2.67. The molecule has 0 unspecified atom stereocenters. The molecule has 3 aromatic rings. The summed E-state index contributed by atoms with van der Waals surface area (Å²) in [7, 11) is 0. The Hall–Kier alpha value is -3.54. The first-order valence-electron chi connectivity index (χ1n) is 9.09. The lowest BCUT2D eigenvalue weighted by Gasteiger charge is -2.19. The number of pyridine rings is 1. The fourth-order valence-electron chi connectivity index (χ4n) is 3.12. The maximum atomic E-state index is 12.5. The van der Waals surface area contributed by atoms with E-state index in [-0.39, 0.29) is 5.91 Å². The molecule has 0 bridgehead atoms. The summed E-state index contributed by atoms with van der Waals surface area (Å²) in [5.41, 5.74) is 4.45. The number of benzene rings is 2. The minimum atomic E-state index is -0.234. The summed E-state index contributed by atoms with van der Waals surface area (Å²) < 4.78 is 11.0. The first-order valence-corrected chi connectivity index (χ1v) is 9.09. The highest BCUT2D eigenvalue weighted by atomic mass is 16.6. The van der Waals surface area contributed by atoms with Gasteiger partial charge in [0.05, 0.1) is 5.56 Å². The van der Waals surface area contributed by atoms with Crippen molar-refractivity contribution in [2.75, 3.05) is 23.8 Å². The Bertz CT molecular complexity index is 996. The van der Waals surface area contributed by atoms with Gasteiger partial charge in [-0.3, -0.25) is 4.79 Å². The summed E-state index contributed by atoms with van der Waals surface area (Å²) in [6, 6.07) is 15.1. The van der Waals surface area contributed by atoms with Gasteiger partial charge in [0.25, 0.3) is 5.91 Å². The van der Waals surface area contributed by atoms with E-state index in [0.717, 1.165) is 5.69 Å². The van der Waals surface area contributed by atoms with Gasteiger partial charge in [0.15, 0.2) is 11.5 Å². The van der Waals surface area contributed by atoms with Crippen LogP contribution in [0.2, 0.25) is 0 Å². The molecule has 142 valence electrons. The Morgan fingerprint density at radius 1 is 0.893 bits per heavy atom. The molecule has 28 heavy (non-hydrogen) atoms. The van der Waals surface area contributed by atoms with Crippen molar-refractivity contribution in [2.45, 2.75) is 13.8 Å². The Labute approximate surface area is 163 Å². The van der Waals surface area contributed by atoms with Gasteiger partial charge < -0.3 is 20.1 Å². The van der Waals surface area contributed by atoms with E-state index in [9.17, 15) is 4.79 Å². The average molecular weight is 375 g/mol. The zero-order valence-corrected chi connectivity index (χ0v) is 15.8. The number of carbonyl (C=O) groups excluding carboxylic acids is 1. The molecule has 2 N–H and O–H groups in total. The highest BCUT2D eigenvalue weighted by Gasteiger charge is 2.13. The lowest BCUT2D eigenvalue weighted by atomic mass is 10.1. The third kappa shape index (κ3) is 4.06. The monoisotopic (exact) mass is 375 g/mol. The van der Waals surface area contributed by atoms with Gasteiger partial charge >= 0.3 is 0 Å². The first-order chi connectivity index (χ1) is 13.6. The van der Waals surface area contributed by atoms with Crippen LogP contribution in [0, 0.1) is 13.8 Å². The maximum Gasteiger partial charge on any atom is 0.257 e. The molecule has 2 heterocycles. The third-order valence-corrected chi connectivity index (χ3v) is 4.32. The minimum absolute atomic E-state index is 0.234. The van der Waals surface area contributed by atoms with Crippen LogP contribution >= 0.6 is 0 Å². The van der Waals surface area contributed by atoms with Crippen LogP contribution in [-0.2, 0) is 0 Å². The molecule has 0 spiro atoms. The standard InChI is InChI=1S/C22H21N3O3/c1-14-9-15(2)11-18(10-14)24-21-6-3-16(13-23-21)22(26)25-17-4-5-19-20(12-17)28-8-7-27-19/h3-6,9-13H,7-8H2,1-2H3,(H,23,24)(H,25,26). The van der Waals surface area contributed by atoms with Crippen LogP contribution in [0.4, 0.5) is 17.2 Å². The second-order valence-corrected chi connectivity index (χ2v) is 6.75. The predicted molar refractivity (Wildman–Crippen MR) is 109 cm³/mol. The van der Waals surface area contributed by atoms with Crippen LogP contribution in [0.3, 0.4) is 0 Å². The number of aryl methyl sites for hydroxylation is 2. The van der Waals surface area contributed by atoms with Crippen molar-refractivity contribution in [1.82, 2.24) is 4.98 Å². The van der Waals surface area contributed by atoms with Crippen molar-refractivity contribution in [3.8, 4) is 11.5 Å². The molecule has 0 aliphatic carbocycles. The smallest absolute Gasteiger partial charge is 0.257 e. The molecule has 1 aliphatic heterocycles. The number of carbonyl (C=O) groups is 1. The molecule has 0 atom stereocenters. The van der Waals surface area contributed by atoms with Crippen molar-refractivity contribution < 1.29 is 14.3 Å². The van der Waals surface area contributed by atoms with E-state index in [2.05, 4.69) is 47.7 Å². The Kier molecular flexibility index (Phi) is 4.85. The highest BCUT2D eigenvalue weighted by Crippen LogP contribution is 2.32. The lowest BCUT2D eigenvalue weighted by molar-refractivity contribution is 0.102. The van der Waals surface area contributed by atoms with Crippen LogP contribution < -0.4 is 20.1 Å². The van der Waals surface area contributed by atoms with Gasteiger partial charge in [-0.25, -0.2) is 4.98 Å². The largest absolute Gasteiger partial charge is 0.486 e. The molecule has 0 saturated carbocycles. The Morgan fingerprint density at radius 2 is 1.64 bits per heavy atom. The number of hydrogen-bond donors (Lipinski definition) is 2. The van der Waals surface area contributed by atoms with Gasteiger partial charge in [0, 0.05) is 23.6 Å². The van der Waals surface area contributed by atoms with E-state index in [1.807, 2.05) is 0 Å². The molecular formula is C22H21N3O3. The number of nitrogens with one attached hydrogen (secondary N) is 2. The van der Waals surface area contributed by atoms with Crippen LogP contribution in [0.1, 0.15) is 21.5 Å². The third-order valence-electron chi connectivity index (χ3n) is 4.32. The van der Waals surface area contributed by atoms with E-state index in [1.54, 1.807) is 36.5 Å². The van der Waals surface area contributed by atoms with Crippen LogP contribution in [0.25, 0.3) is 0 Å². The number of hydrogen-bond acceptors (Lipinski definition) is 5. The highest BCUT2D eigenvalue weighted by molar-refractivity contribution is 6.04. The molecule has 6 nitrogen and oxygen atoms in total. The Balaban J connectivity index is 1.44. The Morgan fingerprint density at radius 3 is 2.36 bits per heavy atom. The molecule has 1 aromatic heterocycles. The minimum Gasteiger partial charge on any atom is -0.486 e. The molecule has 1 aliphatic rings. The number of fused-ring (bicyclic) bond motifs is 1. The second-order valence-electron chi connectivity index (χ2n) is 6.75. The molecular weight excluding hydrogens is 354 g/mol. The van der Waals surface area contributed by atoms with E-state index in [0.29, 0.717) is 41.8 Å². The van der Waals surface area contributed by atoms with Gasteiger partial charge in [-0.2, -0.15) is 0 Å². The number of anilines is 3. The van der Waals surface area contributed by atoms with Gasteiger partial charge in [-0.15, -0.1) is 0 Å². The second kappa shape index (κ2) is 7.60. The van der Waals surface area contributed by atoms with Gasteiger partial charge in [-0.1, -0.05) is 6.07 Å². The lowest BCUT2D eigenvalue weighted by Crippen LogP contribution is -2.16. The number of rotatable bonds is 4. The van der Waals surface area contributed by atoms with Crippen LogP contribution in [0.5, 0.6) is 11.5 Å². The van der Waals surface area contributed by atoms with E-state index < -0.39 is 0 Å². The number of ether oxygens (including phenoxy) is 2. The zero-order valence-electron chi connectivity index (χ0n) is 15.8. The molecule has 0 saturated heterocycles. The van der Waals surface area contributed by atoms with E-state index >= 15 is 0 Å². The summed E-state index contributed by atoms with van der Waals surface area (Å²) in [6.07, 6.45) is 1.55. The molecule has 0 fully saturated rings. The maximum absolute atomic E-state index is 12.5. The molecule has 1 amide bonds. The summed E-state index contributed by atoms with van der Waals surface area (Å²) >= 11 is 0. The summed E-state index contributed by atoms with van der Waals surface area (Å²) in [5.74, 6) is 1.77. The van der Waals surface area contributed by atoms with Crippen molar-refractivity contribution in [1.29, 1.82) is 0 Å². The molecule has 0 radical (unpaired) electrons. The SMILES string of the molecule is Cc1cc(C)cc(Nc2ccc(C(=O)Nc3ccc4c(c3)OCCO4)cn2)c1. The first kappa shape index (κ1) is 17.9. The van der Waals surface area contributed by atoms with E-state index in [1.165, 1.54) is 11.1 Å². The molecule has 6 heteroatoms. The fraction of sp³-hybridized carbons (Fsp3) is 0.182. The predicted octanol–water partition coefficient (Wildman–Crippen LogP) is 4.47. The summed E-state index contributed by atoms with van der Waals surface area (Å²) in [6.45, 7) is 5.14. The number of nitrogens with zero attached hydrogens (tertiary/aromatic N) is 1. The summed E-state index contributed by atoms with van der Waals surface area (Å²) in [4.78, 5) is 16.8. The normalized spacial score (nSPS) is 12.4. The van der Waals surface area contributed by atoms with Gasteiger partial charge in [0.1, 0.15) is 19.0 Å². The van der Waals surface area contributed by atoms with Crippen molar-refractivity contribution in [2.24, 2.45) is 0 Å². The summed E-state index contributed by atoms with van der Waals surface area (Å²) in [5, 5.41) is 6.12. The zero-order chi connectivity index (χ0) is 19.5. The van der Waals surface area contributed by atoms with Crippen molar-refractivity contribution in [3.63, 3.8) is 0 Å².